The Morgan fingerprint density at radius 3 is 2.54 bits per heavy atom. The minimum atomic E-state index is -0.978. The second kappa shape index (κ2) is 7.96. The Morgan fingerprint density at radius 2 is 1.92 bits per heavy atom. The molecule has 1 heterocycles. The minimum Gasteiger partial charge on any atom is -0.467 e. The average molecular weight is 348 g/mol. The van der Waals surface area contributed by atoms with E-state index in [9.17, 15) is 4.79 Å². The van der Waals surface area contributed by atoms with E-state index in [1.54, 1.807) is 13.8 Å². The Morgan fingerprint density at radius 1 is 1.21 bits per heavy atom. The first-order chi connectivity index (χ1) is 11.4. The van der Waals surface area contributed by atoms with Gasteiger partial charge in [-0.05, 0) is 44.7 Å². The van der Waals surface area contributed by atoms with E-state index in [4.69, 9.17) is 9.47 Å². The van der Waals surface area contributed by atoms with Gasteiger partial charge in [0.15, 0.2) is 0 Å². The van der Waals surface area contributed by atoms with Gasteiger partial charge in [-0.1, -0.05) is 18.2 Å². The molecule has 0 unspecified atom stereocenters. The van der Waals surface area contributed by atoms with Crippen LogP contribution in [-0.2, 0) is 9.53 Å². The third kappa shape index (κ3) is 4.82. The monoisotopic (exact) mass is 348 g/mol. The first kappa shape index (κ1) is 18.0. The molecule has 0 aliphatic heterocycles. The van der Waals surface area contributed by atoms with Crippen LogP contribution in [0.1, 0.15) is 20.8 Å². The fourth-order valence-electron chi connectivity index (χ4n) is 1.81. The molecule has 1 aromatic carbocycles. The standard InChI is InChI=1S/C16H20N4O3S/c1-5-23-14-17-13(20-16(2,3)12(21)22-4)18-15(19-14)24-11-9-7-6-8-10-11/h6-10H,5H2,1-4H3,(H,17,18,19,20). The van der Waals surface area contributed by atoms with Crippen molar-refractivity contribution in [2.45, 2.75) is 36.4 Å². The molecular weight excluding hydrogens is 328 g/mol. The summed E-state index contributed by atoms with van der Waals surface area (Å²) in [6.45, 7) is 5.65. The van der Waals surface area contributed by atoms with Crippen molar-refractivity contribution in [1.29, 1.82) is 0 Å². The molecule has 0 spiro atoms. The quantitative estimate of drug-likeness (QED) is 0.765. The van der Waals surface area contributed by atoms with E-state index in [2.05, 4.69) is 20.3 Å². The van der Waals surface area contributed by atoms with Crippen LogP contribution in [0.5, 0.6) is 6.01 Å². The van der Waals surface area contributed by atoms with Crippen LogP contribution in [-0.4, -0.2) is 40.2 Å². The lowest BCUT2D eigenvalue weighted by Gasteiger charge is -2.23. The van der Waals surface area contributed by atoms with Crippen LogP contribution in [0.2, 0.25) is 0 Å². The Bertz CT molecular complexity index is 695. The number of carbonyl (C=O) groups is 1. The molecule has 0 fully saturated rings. The Labute approximate surface area is 145 Å². The number of ether oxygens (including phenoxy) is 2. The van der Waals surface area contributed by atoms with Crippen molar-refractivity contribution in [2.75, 3.05) is 19.0 Å². The third-order valence-electron chi connectivity index (χ3n) is 2.94. The Hall–Kier alpha value is -2.35. The van der Waals surface area contributed by atoms with E-state index >= 15 is 0 Å². The van der Waals surface area contributed by atoms with Crippen LogP contribution in [0, 0.1) is 0 Å². The van der Waals surface area contributed by atoms with Gasteiger partial charge in [-0.15, -0.1) is 0 Å². The van der Waals surface area contributed by atoms with Crippen LogP contribution in [0.4, 0.5) is 5.95 Å². The molecule has 0 saturated heterocycles. The van der Waals surface area contributed by atoms with Crippen LogP contribution in [0.25, 0.3) is 0 Å². The van der Waals surface area contributed by atoms with Crippen molar-refractivity contribution in [2.24, 2.45) is 0 Å². The van der Waals surface area contributed by atoms with Gasteiger partial charge in [0.1, 0.15) is 5.54 Å². The third-order valence-corrected chi connectivity index (χ3v) is 3.81. The molecule has 0 atom stereocenters. The van der Waals surface area contributed by atoms with E-state index < -0.39 is 11.5 Å². The van der Waals surface area contributed by atoms with Crippen LogP contribution < -0.4 is 10.1 Å². The number of methoxy groups -OCH3 is 1. The van der Waals surface area contributed by atoms with E-state index in [-0.39, 0.29) is 12.0 Å². The summed E-state index contributed by atoms with van der Waals surface area (Å²) in [5.41, 5.74) is -0.978. The van der Waals surface area contributed by atoms with Crippen molar-refractivity contribution in [3.63, 3.8) is 0 Å². The van der Waals surface area contributed by atoms with Gasteiger partial charge in [-0.2, -0.15) is 15.0 Å². The Kier molecular flexibility index (Phi) is 5.97. The molecule has 7 nitrogen and oxygen atoms in total. The highest BCUT2D eigenvalue weighted by molar-refractivity contribution is 7.99. The summed E-state index contributed by atoms with van der Waals surface area (Å²) in [4.78, 5) is 25.6. The van der Waals surface area contributed by atoms with E-state index in [1.165, 1.54) is 18.9 Å². The second-order valence-electron chi connectivity index (χ2n) is 5.31. The van der Waals surface area contributed by atoms with Gasteiger partial charge in [-0.3, -0.25) is 0 Å². The second-order valence-corrected chi connectivity index (χ2v) is 6.35. The molecule has 0 aliphatic rings. The summed E-state index contributed by atoms with van der Waals surface area (Å²) < 4.78 is 10.2. The molecule has 0 amide bonds. The van der Waals surface area contributed by atoms with E-state index in [1.807, 2.05) is 37.3 Å². The van der Waals surface area contributed by atoms with Crippen molar-refractivity contribution in [3.8, 4) is 6.01 Å². The minimum absolute atomic E-state index is 0.203. The van der Waals surface area contributed by atoms with Crippen LogP contribution in [0.3, 0.4) is 0 Å². The number of nitrogens with zero attached hydrogens (tertiary/aromatic N) is 3. The van der Waals surface area contributed by atoms with Gasteiger partial charge in [0.2, 0.25) is 11.1 Å². The van der Waals surface area contributed by atoms with Gasteiger partial charge in [-0.25, -0.2) is 4.79 Å². The maximum absolute atomic E-state index is 11.8. The number of benzene rings is 1. The largest absolute Gasteiger partial charge is 0.467 e. The molecule has 8 heteroatoms. The average Bonchev–Trinajstić information content (AvgIpc) is 2.54. The van der Waals surface area contributed by atoms with Gasteiger partial charge in [0.25, 0.3) is 0 Å². The number of hydrogen-bond acceptors (Lipinski definition) is 8. The lowest BCUT2D eigenvalue weighted by molar-refractivity contribution is -0.144. The van der Waals surface area contributed by atoms with Crippen molar-refractivity contribution >= 4 is 23.7 Å². The normalized spacial score (nSPS) is 11.0. The zero-order valence-electron chi connectivity index (χ0n) is 14.1. The summed E-state index contributed by atoms with van der Waals surface area (Å²) in [6, 6.07) is 9.93. The van der Waals surface area contributed by atoms with Crippen LogP contribution in [0.15, 0.2) is 40.4 Å². The summed E-state index contributed by atoms with van der Waals surface area (Å²) >= 11 is 1.38. The topological polar surface area (TPSA) is 86.2 Å². The molecule has 2 aromatic rings. The molecule has 24 heavy (non-hydrogen) atoms. The van der Waals surface area contributed by atoms with Gasteiger partial charge < -0.3 is 14.8 Å². The fraction of sp³-hybridized carbons (Fsp3) is 0.375. The number of anilines is 1. The predicted octanol–water partition coefficient (Wildman–Crippen LogP) is 2.79. The van der Waals surface area contributed by atoms with E-state index in [0.29, 0.717) is 11.8 Å². The highest BCUT2D eigenvalue weighted by atomic mass is 32.2. The fourth-order valence-corrected chi connectivity index (χ4v) is 2.57. The van der Waals surface area contributed by atoms with Crippen molar-refractivity contribution in [3.05, 3.63) is 30.3 Å². The SMILES string of the molecule is CCOc1nc(NC(C)(C)C(=O)OC)nc(Sc2ccccc2)n1. The van der Waals surface area contributed by atoms with Crippen molar-refractivity contribution < 1.29 is 14.3 Å². The van der Waals surface area contributed by atoms with E-state index in [0.717, 1.165) is 4.90 Å². The molecule has 0 saturated carbocycles. The molecule has 128 valence electrons. The summed E-state index contributed by atoms with van der Waals surface area (Å²) in [6.07, 6.45) is 0. The maximum atomic E-state index is 11.8. The predicted molar refractivity (Wildman–Crippen MR) is 91.3 cm³/mol. The number of carbonyl (C=O) groups excluding carboxylic acids is 1. The lowest BCUT2D eigenvalue weighted by atomic mass is 10.1. The first-order valence-corrected chi connectivity index (χ1v) is 8.24. The maximum Gasteiger partial charge on any atom is 0.330 e. The highest BCUT2D eigenvalue weighted by Gasteiger charge is 2.30. The van der Waals surface area contributed by atoms with Crippen molar-refractivity contribution in [1.82, 2.24) is 15.0 Å². The molecule has 2 rings (SSSR count). The molecule has 1 N–H and O–H groups in total. The molecule has 0 radical (unpaired) electrons. The highest BCUT2D eigenvalue weighted by Crippen LogP contribution is 2.26. The molecular formula is C16H20N4O3S. The number of esters is 1. The first-order valence-electron chi connectivity index (χ1n) is 7.43. The smallest absolute Gasteiger partial charge is 0.330 e. The summed E-state index contributed by atoms with van der Waals surface area (Å²) in [5.74, 6) is -0.166. The van der Waals surface area contributed by atoms with Gasteiger partial charge in [0.05, 0.1) is 13.7 Å². The number of hydrogen-bond donors (Lipinski definition) is 1. The zero-order chi connectivity index (χ0) is 17.6. The van der Waals surface area contributed by atoms with Gasteiger partial charge >= 0.3 is 12.0 Å². The summed E-state index contributed by atoms with van der Waals surface area (Å²) in [7, 11) is 1.33. The Balaban J connectivity index is 2.28. The number of aromatic nitrogens is 3. The van der Waals surface area contributed by atoms with Gasteiger partial charge in [0, 0.05) is 4.90 Å². The molecule has 0 aliphatic carbocycles. The lowest BCUT2D eigenvalue weighted by Crippen LogP contribution is -2.41. The molecule has 1 aromatic heterocycles. The zero-order valence-corrected chi connectivity index (χ0v) is 14.9. The number of rotatable bonds is 7. The molecule has 0 bridgehead atoms. The summed E-state index contributed by atoms with van der Waals surface area (Å²) in [5, 5.41) is 3.44. The van der Waals surface area contributed by atoms with Crippen LogP contribution >= 0.6 is 11.8 Å². The number of nitrogens with one attached hydrogen (secondary N) is 1.